The van der Waals surface area contributed by atoms with E-state index in [2.05, 4.69) is 15.3 Å². The van der Waals surface area contributed by atoms with E-state index >= 15 is 0 Å². The second-order valence-electron chi connectivity index (χ2n) is 5.81. The minimum Gasteiger partial charge on any atom is -0.314 e. The Labute approximate surface area is 155 Å². The third kappa shape index (κ3) is 3.94. The maximum Gasteiger partial charge on any atom is 0.223 e. The SMILES string of the molecule is CC(=O)Nc1nc(-c2cccc(-c3cncc(N(C)C(C)=O)c3)c2)cs1. The van der Waals surface area contributed by atoms with Crippen LogP contribution in [0.2, 0.25) is 0 Å². The molecule has 2 amide bonds. The Morgan fingerprint density at radius 2 is 1.85 bits per heavy atom. The summed E-state index contributed by atoms with van der Waals surface area (Å²) in [6.07, 6.45) is 3.43. The monoisotopic (exact) mass is 366 g/mol. The van der Waals surface area contributed by atoms with E-state index in [4.69, 9.17) is 0 Å². The van der Waals surface area contributed by atoms with Crippen LogP contribution < -0.4 is 10.2 Å². The van der Waals surface area contributed by atoms with Crippen LogP contribution in [0.15, 0.2) is 48.1 Å². The molecule has 1 N–H and O–H groups in total. The molecule has 26 heavy (non-hydrogen) atoms. The molecular formula is C19H18N4O2S. The van der Waals surface area contributed by atoms with Crippen LogP contribution in [0.5, 0.6) is 0 Å². The van der Waals surface area contributed by atoms with Crippen molar-refractivity contribution < 1.29 is 9.59 Å². The van der Waals surface area contributed by atoms with Gasteiger partial charge in [-0.2, -0.15) is 0 Å². The molecule has 0 atom stereocenters. The zero-order valence-corrected chi connectivity index (χ0v) is 15.5. The molecular weight excluding hydrogens is 348 g/mol. The fourth-order valence-corrected chi connectivity index (χ4v) is 3.19. The molecule has 0 radical (unpaired) electrons. The molecule has 132 valence electrons. The summed E-state index contributed by atoms with van der Waals surface area (Å²) in [5, 5.41) is 5.17. The molecule has 0 fully saturated rings. The van der Waals surface area contributed by atoms with Crippen molar-refractivity contribution in [3.8, 4) is 22.4 Å². The van der Waals surface area contributed by atoms with Gasteiger partial charge in [-0.05, 0) is 17.7 Å². The van der Waals surface area contributed by atoms with Gasteiger partial charge in [-0.3, -0.25) is 14.6 Å². The number of thiazole rings is 1. The Hall–Kier alpha value is -3.06. The Bertz CT molecular complexity index is 967. The van der Waals surface area contributed by atoms with Crippen molar-refractivity contribution >= 4 is 34.0 Å². The zero-order chi connectivity index (χ0) is 18.7. The molecule has 0 aliphatic carbocycles. The van der Waals surface area contributed by atoms with Crippen LogP contribution in [0.25, 0.3) is 22.4 Å². The highest BCUT2D eigenvalue weighted by molar-refractivity contribution is 7.14. The van der Waals surface area contributed by atoms with Gasteiger partial charge in [0.25, 0.3) is 0 Å². The van der Waals surface area contributed by atoms with E-state index in [1.165, 1.54) is 25.2 Å². The van der Waals surface area contributed by atoms with Gasteiger partial charge in [0.15, 0.2) is 5.13 Å². The number of aromatic nitrogens is 2. The van der Waals surface area contributed by atoms with E-state index < -0.39 is 0 Å². The number of pyridine rings is 1. The Morgan fingerprint density at radius 1 is 1.08 bits per heavy atom. The summed E-state index contributed by atoms with van der Waals surface area (Å²) in [7, 11) is 1.72. The first-order valence-corrected chi connectivity index (χ1v) is 8.85. The summed E-state index contributed by atoms with van der Waals surface area (Å²) >= 11 is 1.38. The van der Waals surface area contributed by atoms with Crippen molar-refractivity contribution in [1.82, 2.24) is 9.97 Å². The number of nitrogens with one attached hydrogen (secondary N) is 1. The van der Waals surface area contributed by atoms with Gasteiger partial charge < -0.3 is 10.2 Å². The Kier molecular flexibility index (Phi) is 5.09. The lowest BCUT2D eigenvalue weighted by Crippen LogP contribution is -2.22. The van der Waals surface area contributed by atoms with E-state index in [-0.39, 0.29) is 11.8 Å². The van der Waals surface area contributed by atoms with Crippen molar-refractivity contribution in [2.75, 3.05) is 17.3 Å². The summed E-state index contributed by atoms with van der Waals surface area (Å²) in [4.78, 5) is 33.0. The summed E-state index contributed by atoms with van der Waals surface area (Å²) in [5.74, 6) is -0.192. The largest absolute Gasteiger partial charge is 0.314 e. The number of amides is 2. The lowest BCUT2D eigenvalue weighted by atomic mass is 10.0. The van der Waals surface area contributed by atoms with E-state index in [1.807, 2.05) is 35.7 Å². The molecule has 0 saturated heterocycles. The first-order chi connectivity index (χ1) is 12.4. The lowest BCUT2D eigenvalue weighted by Gasteiger charge is -2.15. The predicted octanol–water partition coefficient (Wildman–Crippen LogP) is 3.81. The molecule has 0 aliphatic heterocycles. The van der Waals surface area contributed by atoms with Gasteiger partial charge >= 0.3 is 0 Å². The van der Waals surface area contributed by atoms with Crippen LogP contribution in [-0.4, -0.2) is 28.8 Å². The highest BCUT2D eigenvalue weighted by Crippen LogP contribution is 2.29. The molecule has 0 spiro atoms. The number of carbonyl (C=O) groups excluding carboxylic acids is 2. The summed E-state index contributed by atoms with van der Waals surface area (Å²) in [5.41, 5.74) is 4.37. The molecule has 1 aromatic carbocycles. The van der Waals surface area contributed by atoms with Crippen LogP contribution >= 0.6 is 11.3 Å². The average molecular weight is 366 g/mol. The predicted molar refractivity (Wildman–Crippen MR) is 104 cm³/mol. The van der Waals surface area contributed by atoms with Gasteiger partial charge in [0, 0.05) is 43.6 Å². The van der Waals surface area contributed by atoms with Gasteiger partial charge in [-0.1, -0.05) is 18.2 Å². The third-order valence-electron chi connectivity index (χ3n) is 3.86. The minimum atomic E-state index is -0.142. The molecule has 0 saturated carbocycles. The van der Waals surface area contributed by atoms with Crippen LogP contribution in [0.4, 0.5) is 10.8 Å². The highest BCUT2D eigenvalue weighted by atomic mass is 32.1. The van der Waals surface area contributed by atoms with Crippen molar-refractivity contribution in [1.29, 1.82) is 0 Å². The number of nitrogens with zero attached hydrogens (tertiary/aromatic N) is 3. The summed E-state index contributed by atoms with van der Waals surface area (Å²) in [6.45, 7) is 2.97. The maximum absolute atomic E-state index is 11.6. The average Bonchev–Trinajstić information content (AvgIpc) is 3.09. The molecule has 2 heterocycles. The Balaban J connectivity index is 1.92. The van der Waals surface area contributed by atoms with E-state index in [9.17, 15) is 9.59 Å². The first kappa shape index (κ1) is 17.8. The standard InChI is InChI=1S/C19H18N4O2S/c1-12(24)21-19-22-18(11-26-19)15-6-4-5-14(7-15)16-8-17(10-20-9-16)23(3)13(2)25/h4-11H,1-3H3,(H,21,22,24). The fraction of sp³-hybridized carbons (Fsp3) is 0.158. The summed E-state index contributed by atoms with van der Waals surface area (Å²) < 4.78 is 0. The normalized spacial score (nSPS) is 10.4. The molecule has 7 heteroatoms. The third-order valence-corrected chi connectivity index (χ3v) is 4.62. The molecule has 0 unspecified atom stereocenters. The number of hydrogen-bond donors (Lipinski definition) is 1. The van der Waals surface area contributed by atoms with Crippen LogP contribution in [0.3, 0.4) is 0 Å². The van der Waals surface area contributed by atoms with E-state index in [0.717, 1.165) is 28.1 Å². The van der Waals surface area contributed by atoms with Gasteiger partial charge in [-0.15, -0.1) is 11.3 Å². The molecule has 0 bridgehead atoms. The van der Waals surface area contributed by atoms with Crippen molar-refractivity contribution in [2.45, 2.75) is 13.8 Å². The quantitative estimate of drug-likeness (QED) is 0.762. The first-order valence-electron chi connectivity index (χ1n) is 7.97. The highest BCUT2D eigenvalue weighted by Gasteiger charge is 2.10. The fourth-order valence-electron chi connectivity index (χ4n) is 2.42. The van der Waals surface area contributed by atoms with Gasteiger partial charge in [0.05, 0.1) is 17.6 Å². The number of rotatable bonds is 4. The molecule has 0 aliphatic rings. The second-order valence-corrected chi connectivity index (χ2v) is 6.67. The lowest BCUT2D eigenvalue weighted by molar-refractivity contribution is -0.116. The molecule has 6 nitrogen and oxygen atoms in total. The van der Waals surface area contributed by atoms with E-state index in [0.29, 0.717) is 5.13 Å². The second kappa shape index (κ2) is 7.45. The zero-order valence-electron chi connectivity index (χ0n) is 14.7. The minimum absolute atomic E-state index is 0.0503. The van der Waals surface area contributed by atoms with Gasteiger partial charge in [0.2, 0.25) is 11.8 Å². The number of carbonyl (C=O) groups is 2. The van der Waals surface area contributed by atoms with Crippen molar-refractivity contribution in [2.24, 2.45) is 0 Å². The van der Waals surface area contributed by atoms with Gasteiger partial charge in [0.1, 0.15) is 0 Å². The molecule has 2 aromatic heterocycles. The van der Waals surface area contributed by atoms with Crippen LogP contribution in [0, 0.1) is 0 Å². The number of benzene rings is 1. The number of anilines is 2. The van der Waals surface area contributed by atoms with E-state index in [1.54, 1.807) is 24.3 Å². The van der Waals surface area contributed by atoms with Crippen LogP contribution in [0.1, 0.15) is 13.8 Å². The Morgan fingerprint density at radius 3 is 2.58 bits per heavy atom. The molecule has 3 rings (SSSR count). The van der Waals surface area contributed by atoms with Crippen molar-refractivity contribution in [3.63, 3.8) is 0 Å². The smallest absolute Gasteiger partial charge is 0.223 e. The summed E-state index contributed by atoms with van der Waals surface area (Å²) in [6, 6.07) is 9.84. The van der Waals surface area contributed by atoms with Crippen LogP contribution in [-0.2, 0) is 9.59 Å². The maximum atomic E-state index is 11.6. The van der Waals surface area contributed by atoms with Crippen molar-refractivity contribution in [3.05, 3.63) is 48.1 Å². The topological polar surface area (TPSA) is 75.2 Å². The van der Waals surface area contributed by atoms with Gasteiger partial charge in [-0.25, -0.2) is 4.98 Å². The number of hydrogen-bond acceptors (Lipinski definition) is 5. The molecule has 3 aromatic rings.